The third kappa shape index (κ3) is 14.5. The van der Waals surface area contributed by atoms with E-state index in [1.165, 1.54) is 51.2 Å². The summed E-state index contributed by atoms with van der Waals surface area (Å²) in [7, 11) is 0. The summed E-state index contributed by atoms with van der Waals surface area (Å²) in [4.78, 5) is 21.1. The standard InChI is InChI=1S/C16H26O4/c1-2-3-4-5-6-7-8-9-10-11-14-20-16(19)13-12-15(17)18/h11-14H,2-10H2,1H3,(H,17,18)/b13-12-,14-11?. The maximum atomic E-state index is 11.0. The summed E-state index contributed by atoms with van der Waals surface area (Å²) < 4.78 is 4.69. The van der Waals surface area contributed by atoms with Crippen LogP contribution < -0.4 is 0 Å². The Morgan fingerprint density at radius 3 is 2.15 bits per heavy atom. The second kappa shape index (κ2) is 13.8. The Morgan fingerprint density at radius 1 is 0.950 bits per heavy atom. The minimum absolute atomic E-state index is 0.667. The number of rotatable bonds is 12. The summed E-state index contributed by atoms with van der Waals surface area (Å²) in [5, 5.41) is 8.31. The fourth-order valence-electron chi connectivity index (χ4n) is 1.76. The maximum absolute atomic E-state index is 11.0. The van der Waals surface area contributed by atoms with Crippen LogP contribution in [-0.4, -0.2) is 17.0 Å². The van der Waals surface area contributed by atoms with E-state index in [1.807, 2.05) is 0 Å². The molecule has 0 radical (unpaired) electrons. The third-order valence-corrected chi connectivity index (χ3v) is 2.87. The van der Waals surface area contributed by atoms with Gasteiger partial charge in [0.25, 0.3) is 0 Å². The highest BCUT2D eigenvalue weighted by Gasteiger charge is 1.95. The Bertz CT molecular complexity index is 318. The number of aliphatic carboxylic acids is 1. The van der Waals surface area contributed by atoms with Gasteiger partial charge in [0, 0.05) is 12.2 Å². The molecule has 0 aliphatic rings. The Labute approximate surface area is 121 Å². The number of hydrogen-bond donors (Lipinski definition) is 1. The zero-order valence-electron chi connectivity index (χ0n) is 12.3. The van der Waals surface area contributed by atoms with Crippen LogP contribution in [0.15, 0.2) is 24.5 Å². The molecule has 0 bridgehead atoms. The lowest BCUT2D eigenvalue weighted by Gasteiger charge is -1.99. The lowest BCUT2D eigenvalue weighted by molar-refractivity contribution is -0.134. The molecule has 0 saturated heterocycles. The first-order valence-electron chi connectivity index (χ1n) is 7.43. The van der Waals surface area contributed by atoms with Crippen molar-refractivity contribution in [1.82, 2.24) is 0 Å². The van der Waals surface area contributed by atoms with Crippen LogP contribution in [0.25, 0.3) is 0 Å². The summed E-state index contributed by atoms with van der Waals surface area (Å²) >= 11 is 0. The van der Waals surface area contributed by atoms with E-state index in [-0.39, 0.29) is 0 Å². The fourth-order valence-corrected chi connectivity index (χ4v) is 1.76. The van der Waals surface area contributed by atoms with Gasteiger partial charge >= 0.3 is 11.9 Å². The number of esters is 1. The summed E-state index contributed by atoms with van der Waals surface area (Å²) in [6.07, 6.45) is 15.8. The maximum Gasteiger partial charge on any atom is 0.335 e. The van der Waals surface area contributed by atoms with E-state index in [0.717, 1.165) is 25.0 Å². The van der Waals surface area contributed by atoms with Crippen molar-refractivity contribution in [1.29, 1.82) is 0 Å². The molecule has 4 heteroatoms. The lowest BCUT2D eigenvalue weighted by Crippen LogP contribution is -1.96. The number of carbonyl (C=O) groups excluding carboxylic acids is 1. The van der Waals surface area contributed by atoms with E-state index in [2.05, 4.69) is 6.92 Å². The number of carbonyl (C=O) groups is 2. The van der Waals surface area contributed by atoms with Gasteiger partial charge in [-0.05, 0) is 18.9 Å². The zero-order valence-corrected chi connectivity index (χ0v) is 12.3. The predicted molar refractivity (Wildman–Crippen MR) is 79.2 cm³/mol. The van der Waals surface area contributed by atoms with Gasteiger partial charge in [0.2, 0.25) is 0 Å². The van der Waals surface area contributed by atoms with E-state index in [0.29, 0.717) is 0 Å². The van der Waals surface area contributed by atoms with Gasteiger partial charge in [0.1, 0.15) is 0 Å². The molecule has 0 rings (SSSR count). The van der Waals surface area contributed by atoms with Crippen molar-refractivity contribution in [2.75, 3.05) is 0 Å². The molecule has 0 spiro atoms. The van der Waals surface area contributed by atoms with Gasteiger partial charge in [-0.2, -0.15) is 0 Å². The number of unbranched alkanes of at least 4 members (excludes halogenated alkanes) is 8. The minimum atomic E-state index is -1.16. The van der Waals surface area contributed by atoms with Crippen molar-refractivity contribution in [3.8, 4) is 0 Å². The molecule has 20 heavy (non-hydrogen) atoms. The first kappa shape index (κ1) is 18.4. The number of hydrogen-bond acceptors (Lipinski definition) is 3. The molecule has 4 nitrogen and oxygen atoms in total. The average Bonchev–Trinajstić information content (AvgIpc) is 2.42. The SMILES string of the molecule is CCCCCCCCCCC=COC(=O)/C=C\C(=O)O. The third-order valence-electron chi connectivity index (χ3n) is 2.87. The molecule has 0 aromatic carbocycles. The second-order valence-electron chi connectivity index (χ2n) is 4.74. The van der Waals surface area contributed by atoms with Crippen molar-refractivity contribution in [2.45, 2.75) is 64.7 Å². The molecule has 0 amide bonds. The largest absolute Gasteiger partial charge is 0.478 e. The molecule has 0 fully saturated rings. The van der Waals surface area contributed by atoms with Crippen LogP contribution in [0.5, 0.6) is 0 Å². The number of allylic oxidation sites excluding steroid dienone is 1. The topological polar surface area (TPSA) is 63.6 Å². The molecule has 0 atom stereocenters. The number of carboxylic acids is 1. The normalized spacial score (nSPS) is 11.2. The van der Waals surface area contributed by atoms with E-state index < -0.39 is 11.9 Å². The molecule has 0 aliphatic heterocycles. The van der Waals surface area contributed by atoms with Gasteiger partial charge in [0.05, 0.1) is 6.26 Å². The molecule has 0 aliphatic carbocycles. The molecule has 0 heterocycles. The van der Waals surface area contributed by atoms with E-state index in [4.69, 9.17) is 9.84 Å². The summed E-state index contributed by atoms with van der Waals surface area (Å²) in [5.41, 5.74) is 0. The van der Waals surface area contributed by atoms with Crippen LogP contribution >= 0.6 is 0 Å². The highest BCUT2D eigenvalue weighted by Crippen LogP contribution is 2.09. The van der Waals surface area contributed by atoms with Gasteiger partial charge < -0.3 is 9.84 Å². The second-order valence-corrected chi connectivity index (χ2v) is 4.74. The van der Waals surface area contributed by atoms with Crippen LogP contribution in [-0.2, 0) is 14.3 Å². The van der Waals surface area contributed by atoms with Gasteiger partial charge in [-0.3, -0.25) is 0 Å². The zero-order chi connectivity index (χ0) is 15.1. The van der Waals surface area contributed by atoms with Gasteiger partial charge in [-0.1, -0.05) is 51.9 Å². The Morgan fingerprint density at radius 2 is 1.55 bits per heavy atom. The minimum Gasteiger partial charge on any atom is -0.478 e. The van der Waals surface area contributed by atoms with Gasteiger partial charge in [-0.25, -0.2) is 9.59 Å². The monoisotopic (exact) mass is 282 g/mol. The summed E-state index contributed by atoms with van der Waals surface area (Å²) in [6.45, 7) is 2.22. The average molecular weight is 282 g/mol. The first-order chi connectivity index (χ1) is 9.66. The molecule has 0 unspecified atom stereocenters. The molecule has 1 N–H and O–H groups in total. The van der Waals surface area contributed by atoms with Crippen LogP contribution in [0, 0.1) is 0 Å². The van der Waals surface area contributed by atoms with Crippen LogP contribution in [0.4, 0.5) is 0 Å². The molecular weight excluding hydrogens is 256 g/mol. The predicted octanol–water partition coefficient (Wildman–Crippen LogP) is 4.21. The quantitative estimate of drug-likeness (QED) is 0.252. The fraction of sp³-hybridized carbons (Fsp3) is 0.625. The Hall–Kier alpha value is -1.58. The Balaban J connectivity index is 3.36. The lowest BCUT2D eigenvalue weighted by atomic mass is 10.1. The highest BCUT2D eigenvalue weighted by atomic mass is 16.5. The molecule has 0 aromatic rings. The molecular formula is C16H26O4. The van der Waals surface area contributed by atoms with Crippen LogP contribution in [0.3, 0.4) is 0 Å². The first-order valence-corrected chi connectivity index (χ1v) is 7.43. The van der Waals surface area contributed by atoms with E-state index in [9.17, 15) is 9.59 Å². The van der Waals surface area contributed by atoms with E-state index in [1.54, 1.807) is 6.08 Å². The summed E-state index contributed by atoms with van der Waals surface area (Å²) in [6, 6.07) is 0. The van der Waals surface area contributed by atoms with Crippen molar-refractivity contribution in [3.05, 3.63) is 24.5 Å². The van der Waals surface area contributed by atoms with Gasteiger partial charge in [0.15, 0.2) is 0 Å². The summed E-state index contributed by atoms with van der Waals surface area (Å²) in [5.74, 6) is -1.83. The van der Waals surface area contributed by atoms with Crippen molar-refractivity contribution in [2.24, 2.45) is 0 Å². The van der Waals surface area contributed by atoms with Gasteiger partial charge in [-0.15, -0.1) is 0 Å². The number of ether oxygens (including phenoxy) is 1. The van der Waals surface area contributed by atoms with Crippen molar-refractivity contribution < 1.29 is 19.4 Å². The molecule has 0 aromatic heterocycles. The van der Waals surface area contributed by atoms with Crippen molar-refractivity contribution >= 4 is 11.9 Å². The Kier molecular flexibility index (Phi) is 12.7. The van der Waals surface area contributed by atoms with Crippen LogP contribution in [0.2, 0.25) is 0 Å². The van der Waals surface area contributed by atoms with E-state index >= 15 is 0 Å². The smallest absolute Gasteiger partial charge is 0.335 e. The van der Waals surface area contributed by atoms with Crippen LogP contribution in [0.1, 0.15) is 64.7 Å². The number of carboxylic acid groups (broad SMARTS) is 1. The molecule has 0 saturated carbocycles. The highest BCUT2D eigenvalue weighted by molar-refractivity contribution is 5.90. The molecule has 114 valence electrons. The van der Waals surface area contributed by atoms with Crippen molar-refractivity contribution in [3.63, 3.8) is 0 Å².